The van der Waals surface area contributed by atoms with Crippen LogP contribution in [0.5, 0.6) is 11.5 Å². The van der Waals surface area contributed by atoms with Crippen molar-refractivity contribution in [3.05, 3.63) is 35.9 Å². The van der Waals surface area contributed by atoms with Crippen LogP contribution in [0.2, 0.25) is 0 Å². The van der Waals surface area contributed by atoms with Crippen molar-refractivity contribution < 1.29 is 9.47 Å². The summed E-state index contributed by atoms with van der Waals surface area (Å²) in [5.41, 5.74) is 2.30. The van der Waals surface area contributed by atoms with Gasteiger partial charge in [0.2, 0.25) is 0 Å². The number of rotatable bonds is 4. The van der Waals surface area contributed by atoms with Crippen molar-refractivity contribution in [2.24, 2.45) is 0 Å². The van der Waals surface area contributed by atoms with Crippen molar-refractivity contribution in [1.82, 2.24) is 5.32 Å². The van der Waals surface area contributed by atoms with Crippen LogP contribution in [0.3, 0.4) is 0 Å². The zero-order valence-electron chi connectivity index (χ0n) is 10.5. The summed E-state index contributed by atoms with van der Waals surface area (Å²) in [7, 11) is 1.96. The molecule has 1 atom stereocenters. The molecule has 92 valence electrons. The summed E-state index contributed by atoms with van der Waals surface area (Å²) >= 11 is 0. The standard InChI is InChI=1S/C14H19NO2/c1-10(2)9-12(15-3)11-5-4-6-13-14(11)17-8-7-16-13/h4-6,12,15H,1,7-9H2,2-3H3. The zero-order chi connectivity index (χ0) is 12.3. The molecule has 17 heavy (non-hydrogen) atoms. The minimum atomic E-state index is 0.226. The molecule has 1 N–H and O–H groups in total. The van der Waals surface area contributed by atoms with Gasteiger partial charge in [-0.1, -0.05) is 17.7 Å². The highest BCUT2D eigenvalue weighted by atomic mass is 16.6. The summed E-state index contributed by atoms with van der Waals surface area (Å²) in [6.45, 7) is 7.25. The SMILES string of the molecule is C=C(C)CC(NC)c1cccc2c1OCCO2. The number of fused-ring (bicyclic) bond motifs is 1. The number of nitrogens with one attached hydrogen (secondary N) is 1. The molecule has 2 rings (SSSR count). The Morgan fingerprint density at radius 1 is 1.41 bits per heavy atom. The number of ether oxygens (including phenoxy) is 2. The van der Waals surface area contributed by atoms with Gasteiger partial charge in [0.15, 0.2) is 11.5 Å². The fraction of sp³-hybridized carbons (Fsp3) is 0.429. The Morgan fingerprint density at radius 3 is 2.88 bits per heavy atom. The molecule has 0 saturated heterocycles. The second-order valence-electron chi connectivity index (χ2n) is 4.37. The van der Waals surface area contributed by atoms with Gasteiger partial charge in [0, 0.05) is 11.6 Å². The first-order valence-corrected chi connectivity index (χ1v) is 5.92. The molecule has 1 heterocycles. The lowest BCUT2D eigenvalue weighted by Crippen LogP contribution is -2.21. The minimum Gasteiger partial charge on any atom is -0.486 e. The lowest BCUT2D eigenvalue weighted by Gasteiger charge is -2.25. The van der Waals surface area contributed by atoms with E-state index in [9.17, 15) is 0 Å². The third-order valence-electron chi connectivity index (χ3n) is 2.87. The van der Waals surface area contributed by atoms with E-state index in [1.807, 2.05) is 26.1 Å². The molecule has 1 unspecified atom stereocenters. The average Bonchev–Trinajstić information content (AvgIpc) is 2.35. The topological polar surface area (TPSA) is 30.5 Å². The van der Waals surface area contributed by atoms with Gasteiger partial charge in [-0.2, -0.15) is 0 Å². The van der Waals surface area contributed by atoms with Gasteiger partial charge in [-0.25, -0.2) is 0 Å². The van der Waals surface area contributed by atoms with Crippen molar-refractivity contribution in [2.75, 3.05) is 20.3 Å². The van der Waals surface area contributed by atoms with Crippen LogP contribution in [-0.4, -0.2) is 20.3 Å². The maximum absolute atomic E-state index is 5.72. The molecule has 0 spiro atoms. The maximum atomic E-state index is 5.72. The van der Waals surface area contributed by atoms with Crippen LogP contribution in [0.25, 0.3) is 0 Å². The molecule has 0 radical (unpaired) electrons. The van der Waals surface area contributed by atoms with Gasteiger partial charge in [0.25, 0.3) is 0 Å². The van der Waals surface area contributed by atoms with E-state index in [1.54, 1.807) is 0 Å². The van der Waals surface area contributed by atoms with E-state index in [0.717, 1.165) is 29.1 Å². The molecule has 3 heteroatoms. The smallest absolute Gasteiger partial charge is 0.166 e. The monoisotopic (exact) mass is 233 g/mol. The van der Waals surface area contributed by atoms with E-state index in [-0.39, 0.29) is 6.04 Å². The predicted octanol–water partition coefficient (Wildman–Crippen LogP) is 2.68. The second-order valence-corrected chi connectivity index (χ2v) is 4.37. The zero-order valence-corrected chi connectivity index (χ0v) is 10.5. The van der Waals surface area contributed by atoms with Gasteiger partial charge in [-0.05, 0) is 26.5 Å². The van der Waals surface area contributed by atoms with E-state index in [0.29, 0.717) is 13.2 Å². The molecule has 1 aliphatic heterocycles. The Hall–Kier alpha value is -1.48. The Bertz CT molecular complexity index is 415. The van der Waals surface area contributed by atoms with Gasteiger partial charge < -0.3 is 14.8 Å². The molecule has 1 aromatic rings. The second kappa shape index (κ2) is 5.23. The quantitative estimate of drug-likeness (QED) is 0.811. The van der Waals surface area contributed by atoms with Crippen molar-refractivity contribution in [3.63, 3.8) is 0 Å². The van der Waals surface area contributed by atoms with Crippen LogP contribution in [0.15, 0.2) is 30.4 Å². The molecule has 1 aliphatic rings. The molecular weight excluding hydrogens is 214 g/mol. The molecule has 0 bridgehead atoms. The largest absolute Gasteiger partial charge is 0.486 e. The van der Waals surface area contributed by atoms with Gasteiger partial charge in [0.1, 0.15) is 13.2 Å². The third-order valence-corrected chi connectivity index (χ3v) is 2.87. The lowest BCUT2D eigenvalue weighted by molar-refractivity contribution is 0.168. The van der Waals surface area contributed by atoms with Gasteiger partial charge in [-0.3, -0.25) is 0 Å². The molecular formula is C14H19NO2. The fourth-order valence-corrected chi connectivity index (χ4v) is 2.09. The van der Waals surface area contributed by atoms with Crippen LogP contribution in [-0.2, 0) is 0 Å². The summed E-state index contributed by atoms with van der Waals surface area (Å²) in [6.07, 6.45) is 0.899. The van der Waals surface area contributed by atoms with Crippen molar-refractivity contribution in [2.45, 2.75) is 19.4 Å². The van der Waals surface area contributed by atoms with Crippen molar-refractivity contribution in [1.29, 1.82) is 0 Å². The number of para-hydroxylation sites is 1. The van der Waals surface area contributed by atoms with Crippen LogP contribution >= 0.6 is 0 Å². The summed E-state index contributed by atoms with van der Waals surface area (Å²) in [4.78, 5) is 0. The van der Waals surface area contributed by atoms with Gasteiger partial charge in [-0.15, -0.1) is 6.58 Å². The Morgan fingerprint density at radius 2 is 2.18 bits per heavy atom. The summed E-state index contributed by atoms with van der Waals surface area (Å²) in [5.74, 6) is 1.72. The maximum Gasteiger partial charge on any atom is 0.166 e. The summed E-state index contributed by atoms with van der Waals surface area (Å²) < 4.78 is 11.3. The van der Waals surface area contributed by atoms with Crippen LogP contribution in [0.1, 0.15) is 24.9 Å². The first-order chi connectivity index (χ1) is 8.22. The molecule has 3 nitrogen and oxygen atoms in total. The molecule has 1 aromatic carbocycles. The van der Waals surface area contributed by atoms with E-state index < -0.39 is 0 Å². The molecule has 0 aliphatic carbocycles. The van der Waals surface area contributed by atoms with Gasteiger partial charge >= 0.3 is 0 Å². The van der Waals surface area contributed by atoms with E-state index in [2.05, 4.69) is 18.0 Å². The van der Waals surface area contributed by atoms with Crippen molar-refractivity contribution >= 4 is 0 Å². The molecule has 0 aromatic heterocycles. The lowest BCUT2D eigenvalue weighted by atomic mass is 9.99. The summed E-state index contributed by atoms with van der Waals surface area (Å²) in [6, 6.07) is 6.26. The highest BCUT2D eigenvalue weighted by molar-refractivity contribution is 5.49. The Balaban J connectivity index is 2.32. The first kappa shape index (κ1) is 12.0. The van der Waals surface area contributed by atoms with Crippen LogP contribution in [0, 0.1) is 0 Å². The summed E-state index contributed by atoms with van der Waals surface area (Å²) in [5, 5.41) is 3.30. The number of hydrogen-bond acceptors (Lipinski definition) is 3. The average molecular weight is 233 g/mol. The van der Waals surface area contributed by atoms with Crippen LogP contribution < -0.4 is 14.8 Å². The van der Waals surface area contributed by atoms with E-state index in [4.69, 9.17) is 9.47 Å². The molecule has 0 saturated carbocycles. The van der Waals surface area contributed by atoms with Gasteiger partial charge in [0.05, 0.1) is 0 Å². The fourth-order valence-electron chi connectivity index (χ4n) is 2.09. The number of benzene rings is 1. The predicted molar refractivity (Wildman–Crippen MR) is 68.7 cm³/mol. The normalized spacial score (nSPS) is 15.4. The minimum absolute atomic E-state index is 0.226. The highest BCUT2D eigenvalue weighted by Crippen LogP contribution is 2.38. The molecule has 0 amide bonds. The van der Waals surface area contributed by atoms with E-state index >= 15 is 0 Å². The van der Waals surface area contributed by atoms with Crippen molar-refractivity contribution in [3.8, 4) is 11.5 Å². The molecule has 0 fully saturated rings. The van der Waals surface area contributed by atoms with Crippen LogP contribution in [0.4, 0.5) is 0 Å². The van der Waals surface area contributed by atoms with E-state index in [1.165, 1.54) is 0 Å². The number of hydrogen-bond donors (Lipinski definition) is 1. The Labute approximate surface area is 102 Å². The first-order valence-electron chi connectivity index (χ1n) is 5.92. The Kier molecular flexibility index (Phi) is 3.69. The third kappa shape index (κ3) is 2.61. The highest BCUT2D eigenvalue weighted by Gasteiger charge is 2.20.